The van der Waals surface area contributed by atoms with E-state index in [1.165, 1.54) is 17.0 Å². The number of aromatic hydroxyl groups is 1. The molecule has 1 saturated heterocycles. The van der Waals surface area contributed by atoms with E-state index in [-0.39, 0.29) is 35.9 Å². The maximum atomic E-state index is 11.6. The van der Waals surface area contributed by atoms with Crippen molar-refractivity contribution >= 4 is 17.6 Å². The van der Waals surface area contributed by atoms with Crippen molar-refractivity contribution in [3.05, 3.63) is 23.8 Å². The summed E-state index contributed by atoms with van der Waals surface area (Å²) in [6.07, 6.45) is -0.794. The Hall–Kier alpha value is -2.08. The zero-order chi connectivity index (χ0) is 12.6. The topological polar surface area (TPSA) is 98.1 Å². The molecule has 1 aliphatic heterocycles. The van der Waals surface area contributed by atoms with Crippen LogP contribution in [0.25, 0.3) is 0 Å². The van der Waals surface area contributed by atoms with Gasteiger partial charge in [0.2, 0.25) is 5.91 Å². The Bertz CT molecular complexity index is 485. The number of hydrogen-bond donors (Lipinski definition) is 3. The van der Waals surface area contributed by atoms with Gasteiger partial charge in [0.05, 0.1) is 30.3 Å². The predicted molar refractivity (Wildman–Crippen MR) is 58.0 cm³/mol. The average Bonchev–Trinajstić information content (AvgIpc) is 2.57. The highest BCUT2D eigenvalue weighted by Crippen LogP contribution is 2.28. The molecule has 1 aliphatic rings. The number of aromatic carboxylic acids is 1. The molecule has 0 bridgehead atoms. The maximum Gasteiger partial charge on any atom is 0.337 e. The van der Waals surface area contributed by atoms with Gasteiger partial charge in [-0.3, -0.25) is 4.79 Å². The summed E-state index contributed by atoms with van der Waals surface area (Å²) in [5.74, 6) is -1.74. The van der Waals surface area contributed by atoms with Crippen LogP contribution in [-0.2, 0) is 4.79 Å². The van der Waals surface area contributed by atoms with Gasteiger partial charge in [-0.15, -0.1) is 0 Å². The Morgan fingerprint density at radius 3 is 2.65 bits per heavy atom. The fourth-order valence-corrected chi connectivity index (χ4v) is 1.85. The van der Waals surface area contributed by atoms with Gasteiger partial charge in [-0.25, -0.2) is 4.79 Å². The Kier molecular flexibility index (Phi) is 2.72. The summed E-state index contributed by atoms with van der Waals surface area (Å²) in [4.78, 5) is 23.8. The number of hydrogen-bond acceptors (Lipinski definition) is 4. The van der Waals surface area contributed by atoms with Crippen molar-refractivity contribution in [3.8, 4) is 5.75 Å². The molecule has 0 saturated carbocycles. The second kappa shape index (κ2) is 4.06. The van der Waals surface area contributed by atoms with Crippen LogP contribution in [0.5, 0.6) is 5.75 Å². The third-order valence-corrected chi connectivity index (χ3v) is 2.61. The van der Waals surface area contributed by atoms with E-state index in [4.69, 9.17) is 5.11 Å². The van der Waals surface area contributed by atoms with Crippen molar-refractivity contribution in [3.63, 3.8) is 0 Å². The summed E-state index contributed by atoms with van der Waals surface area (Å²) in [5, 5.41) is 27.6. The molecule has 0 aromatic heterocycles. The fraction of sp³-hybridized carbons (Fsp3) is 0.273. The Morgan fingerprint density at radius 1 is 1.41 bits per heavy atom. The first-order valence-electron chi connectivity index (χ1n) is 5.04. The summed E-state index contributed by atoms with van der Waals surface area (Å²) in [6, 6.07) is 3.74. The molecular formula is C11H11NO5. The number of carbonyl (C=O) groups is 2. The quantitative estimate of drug-likeness (QED) is 0.682. The van der Waals surface area contributed by atoms with Crippen molar-refractivity contribution in [1.29, 1.82) is 0 Å². The van der Waals surface area contributed by atoms with Crippen LogP contribution in [0.15, 0.2) is 18.2 Å². The number of aliphatic hydroxyl groups excluding tert-OH is 1. The van der Waals surface area contributed by atoms with Crippen LogP contribution in [-0.4, -0.2) is 39.8 Å². The molecule has 0 radical (unpaired) electrons. The summed E-state index contributed by atoms with van der Waals surface area (Å²) >= 11 is 0. The van der Waals surface area contributed by atoms with E-state index in [0.717, 1.165) is 6.07 Å². The van der Waals surface area contributed by atoms with Gasteiger partial charge >= 0.3 is 5.97 Å². The first-order chi connectivity index (χ1) is 7.99. The van der Waals surface area contributed by atoms with Crippen molar-refractivity contribution in [2.75, 3.05) is 11.4 Å². The van der Waals surface area contributed by atoms with Crippen molar-refractivity contribution in [1.82, 2.24) is 0 Å². The standard InChI is InChI=1S/C11H11NO5/c13-6-1-2-9(8(3-6)11(16)17)12-5-7(14)4-10(12)15/h1-3,7,13-14H,4-5H2,(H,16,17). The van der Waals surface area contributed by atoms with Crippen molar-refractivity contribution < 1.29 is 24.9 Å². The minimum atomic E-state index is -1.23. The number of carbonyl (C=O) groups excluding carboxylic acids is 1. The van der Waals surface area contributed by atoms with Crippen LogP contribution in [0, 0.1) is 0 Å². The number of rotatable bonds is 2. The molecule has 17 heavy (non-hydrogen) atoms. The fourth-order valence-electron chi connectivity index (χ4n) is 1.85. The molecule has 1 heterocycles. The van der Waals surface area contributed by atoms with Gasteiger partial charge in [0.15, 0.2) is 0 Å². The maximum absolute atomic E-state index is 11.6. The highest BCUT2D eigenvalue weighted by molar-refractivity contribution is 6.03. The van der Waals surface area contributed by atoms with Gasteiger partial charge in [0, 0.05) is 0 Å². The summed E-state index contributed by atoms with van der Waals surface area (Å²) in [5.41, 5.74) is 0.0318. The number of phenols is 1. The molecule has 6 heteroatoms. The lowest BCUT2D eigenvalue weighted by molar-refractivity contribution is -0.117. The SMILES string of the molecule is O=C(O)c1cc(O)ccc1N1CC(O)CC1=O. The lowest BCUT2D eigenvalue weighted by atomic mass is 10.1. The molecule has 6 nitrogen and oxygen atoms in total. The summed E-state index contributed by atoms with van der Waals surface area (Å²) in [6.45, 7) is 0.0733. The predicted octanol–water partition coefficient (Wildman–Crippen LogP) is 0.188. The number of amides is 1. The van der Waals surface area contributed by atoms with Gasteiger partial charge in [-0.1, -0.05) is 0 Å². The average molecular weight is 237 g/mol. The highest BCUT2D eigenvalue weighted by Gasteiger charge is 2.31. The van der Waals surface area contributed by atoms with Crippen LogP contribution >= 0.6 is 0 Å². The van der Waals surface area contributed by atoms with Crippen LogP contribution in [0.4, 0.5) is 5.69 Å². The van der Waals surface area contributed by atoms with E-state index in [1.54, 1.807) is 0 Å². The number of β-amino-alcohol motifs (C(OH)–C–C–N with tert-alkyl or cyclic N) is 1. The van der Waals surface area contributed by atoms with Crippen molar-refractivity contribution in [2.45, 2.75) is 12.5 Å². The first-order valence-corrected chi connectivity index (χ1v) is 5.04. The van der Waals surface area contributed by atoms with Gasteiger partial charge in [0.1, 0.15) is 5.75 Å². The lowest BCUT2D eigenvalue weighted by Gasteiger charge is -2.18. The first kappa shape index (κ1) is 11.4. The zero-order valence-corrected chi connectivity index (χ0v) is 8.83. The Morgan fingerprint density at radius 2 is 2.12 bits per heavy atom. The molecule has 1 aromatic carbocycles. The Labute approximate surface area is 96.7 Å². The van der Waals surface area contributed by atoms with Crippen LogP contribution in [0.3, 0.4) is 0 Å². The monoisotopic (exact) mass is 237 g/mol. The Balaban J connectivity index is 2.45. The second-order valence-electron chi connectivity index (χ2n) is 3.87. The van der Waals surface area contributed by atoms with Gasteiger partial charge in [0.25, 0.3) is 0 Å². The summed E-state index contributed by atoms with van der Waals surface area (Å²) in [7, 11) is 0. The minimum absolute atomic E-state index is 0.0140. The number of aliphatic hydroxyl groups is 1. The van der Waals surface area contributed by atoms with E-state index in [1.807, 2.05) is 0 Å². The molecule has 1 atom stereocenters. The van der Waals surface area contributed by atoms with E-state index in [2.05, 4.69) is 0 Å². The van der Waals surface area contributed by atoms with E-state index in [9.17, 15) is 19.8 Å². The van der Waals surface area contributed by atoms with Crippen molar-refractivity contribution in [2.24, 2.45) is 0 Å². The largest absolute Gasteiger partial charge is 0.508 e. The molecule has 1 amide bonds. The number of carboxylic acids is 1. The van der Waals surface area contributed by atoms with Crippen LogP contribution < -0.4 is 4.90 Å². The molecule has 0 aliphatic carbocycles. The van der Waals surface area contributed by atoms with Crippen LogP contribution in [0.1, 0.15) is 16.8 Å². The molecule has 1 aromatic rings. The van der Waals surface area contributed by atoms with E-state index < -0.39 is 12.1 Å². The number of phenolic OH excluding ortho intramolecular Hbond substituents is 1. The summed E-state index contributed by atoms with van der Waals surface area (Å²) < 4.78 is 0. The third kappa shape index (κ3) is 2.07. The second-order valence-corrected chi connectivity index (χ2v) is 3.87. The van der Waals surface area contributed by atoms with E-state index >= 15 is 0 Å². The molecule has 90 valence electrons. The molecule has 0 spiro atoms. The zero-order valence-electron chi connectivity index (χ0n) is 8.83. The molecular weight excluding hydrogens is 226 g/mol. The molecule has 1 fully saturated rings. The van der Waals surface area contributed by atoms with Gasteiger partial charge in [-0.2, -0.15) is 0 Å². The number of anilines is 1. The number of benzene rings is 1. The minimum Gasteiger partial charge on any atom is -0.508 e. The smallest absolute Gasteiger partial charge is 0.337 e. The van der Waals surface area contributed by atoms with Gasteiger partial charge < -0.3 is 20.2 Å². The van der Waals surface area contributed by atoms with E-state index in [0.29, 0.717) is 0 Å². The van der Waals surface area contributed by atoms with Crippen LogP contribution in [0.2, 0.25) is 0 Å². The molecule has 1 unspecified atom stereocenters. The van der Waals surface area contributed by atoms with Gasteiger partial charge in [-0.05, 0) is 18.2 Å². The third-order valence-electron chi connectivity index (χ3n) is 2.61. The number of carboxylic acid groups (broad SMARTS) is 1. The molecule has 2 rings (SSSR count). The number of nitrogens with zero attached hydrogens (tertiary/aromatic N) is 1. The lowest BCUT2D eigenvalue weighted by Crippen LogP contribution is -2.27. The highest BCUT2D eigenvalue weighted by atomic mass is 16.4. The normalized spacial score (nSPS) is 19.7. The molecule has 3 N–H and O–H groups in total.